The van der Waals surface area contributed by atoms with Gasteiger partial charge in [0.2, 0.25) is 0 Å². The second-order valence-corrected chi connectivity index (χ2v) is 18.7. The smallest absolute Gasteiger partial charge is 0.0503 e. The molecule has 0 saturated carbocycles. The van der Waals surface area contributed by atoms with E-state index in [9.17, 15) is 0 Å². The van der Waals surface area contributed by atoms with Gasteiger partial charge in [0, 0.05) is 39.5 Å². The molecule has 1 heterocycles. The monoisotopic (exact) mass is 786 g/mol. The molecule has 0 bridgehead atoms. The Morgan fingerprint density at radius 2 is 0.885 bits per heavy atom. The van der Waals surface area contributed by atoms with Gasteiger partial charge in [-0.2, -0.15) is 0 Å². The third-order valence-electron chi connectivity index (χ3n) is 14.1. The summed E-state index contributed by atoms with van der Waals surface area (Å²) in [6.45, 7) is 14.2. The van der Waals surface area contributed by atoms with Gasteiger partial charge in [0.1, 0.15) is 0 Å². The molecule has 1 aliphatic heterocycles. The zero-order chi connectivity index (χ0) is 41.7. The van der Waals surface area contributed by atoms with Crippen LogP contribution in [0.5, 0.6) is 0 Å². The van der Waals surface area contributed by atoms with Gasteiger partial charge in [0.25, 0.3) is 0 Å². The molecule has 0 N–H and O–H groups in total. The second-order valence-electron chi connectivity index (χ2n) is 18.7. The number of nitrogens with zero attached hydrogens (tertiary/aromatic N) is 2. The molecule has 61 heavy (non-hydrogen) atoms. The molecule has 2 aliphatic carbocycles. The highest BCUT2D eigenvalue weighted by Crippen LogP contribution is 2.54. The van der Waals surface area contributed by atoms with Crippen molar-refractivity contribution < 1.29 is 0 Å². The van der Waals surface area contributed by atoms with Crippen LogP contribution >= 0.6 is 0 Å². The van der Waals surface area contributed by atoms with Gasteiger partial charge in [-0.15, -0.1) is 0 Å². The highest BCUT2D eigenvalue weighted by molar-refractivity contribution is 5.90. The summed E-state index contributed by atoms with van der Waals surface area (Å²) >= 11 is 0. The van der Waals surface area contributed by atoms with Crippen molar-refractivity contribution in [2.24, 2.45) is 0 Å². The highest BCUT2D eigenvalue weighted by atomic mass is 15.2. The van der Waals surface area contributed by atoms with E-state index in [2.05, 4.69) is 246 Å². The van der Waals surface area contributed by atoms with Gasteiger partial charge in [-0.1, -0.05) is 163 Å². The maximum absolute atomic E-state index is 2.45. The van der Waals surface area contributed by atoms with Crippen molar-refractivity contribution in [3.63, 3.8) is 0 Å². The SMILES string of the molecule is CC1(C)c2cc(/C=C/N(c3ccccc3)c3ccc4c(c3)C(C)(C)c3ccccc3-4)ccc2-c2ccc(-c3ccc4c(c3)C(C)(C)c3ccccc3N4c3ccccc3)cc21. The van der Waals surface area contributed by atoms with Crippen LogP contribution in [0, 0.1) is 0 Å². The number of para-hydroxylation sites is 3. The lowest BCUT2D eigenvalue weighted by Crippen LogP contribution is -2.30. The molecule has 0 atom stereocenters. The van der Waals surface area contributed by atoms with Crippen LogP contribution in [0.1, 0.15) is 80.5 Å². The summed E-state index contributed by atoms with van der Waals surface area (Å²) in [4.78, 5) is 4.76. The average molecular weight is 787 g/mol. The Kier molecular flexibility index (Phi) is 8.25. The van der Waals surface area contributed by atoms with Crippen LogP contribution in [-0.4, -0.2) is 0 Å². The predicted octanol–water partition coefficient (Wildman–Crippen LogP) is 15.9. The van der Waals surface area contributed by atoms with Crippen LogP contribution in [0.3, 0.4) is 0 Å². The van der Waals surface area contributed by atoms with E-state index in [0.29, 0.717) is 0 Å². The summed E-state index contributed by atoms with van der Waals surface area (Å²) in [6.07, 6.45) is 4.52. The van der Waals surface area contributed by atoms with E-state index in [4.69, 9.17) is 0 Å². The Balaban J connectivity index is 0.932. The van der Waals surface area contributed by atoms with E-state index in [1.807, 2.05) is 0 Å². The maximum Gasteiger partial charge on any atom is 0.0503 e. The number of hydrogen-bond acceptors (Lipinski definition) is 2. The summed E-state index contributed by atoms with van der Waals surface area (Å²) in [5, 5.41) is 0. The zero-order valence-corrected chi connectivity index (χ0v) is 35.9. The van der Waals surface area contributed by atoms with E-state index < -0.39 is 0 Å². The quantitative estimate of drug-likeness (QED) is 0.166. The molecular weight excluding hydrogens is 737 g/mol. The van der Waals surface area contributed by atoms with E-state index in [0.717, 1.165) is 11.4 Å². The van der Waals surface area contributed by atoms with Crippen molar-refractivity contribution in [1.82, 2.24) is 0 Å². The molecule has 2 nitrogen and oxygen atoms in total. The van der Waals surface area contributed by atoms with E-state index in [1.54, 1.807) is 0 Å². The molecule has 3 aliphatic rings. The van der Waals surface area contributed by atoms with Crippen LogP contribution in [0.15, 0.2) is 188 Å². The summed E-state index contributed by atoms with van der Waals surface area (Å²) in [5.41, 5.74) is 22.8. The fourth-order valence-corrected chi connectivity index (χ4v) is 10.7. The molecule has 0 amide bonds. The number of anilines is 5. The molecule has 2 heteroatoms. The molecule has 8 aromatic rings. The largest absolute Gasteiger partial charge is 0.317 e. The number of hydrogen-bond donors (Lipinski definition) is 0. The number of benzene rings is 8. The fraction of sp³-hybridized carbons (Fsp3) is 0.153. The Hall–Kier alpha value is -6.90. The summed E-state index contributed by atoms with van der Waals surface area (Å²) < 4.78 is 0. The van der Waals surface area contributed by atoms with Crippen LogP contribution in [0.2, 0.25) is 0 Å². The molecule has 0 spiro atoms. The molecule has 8 aromatic carbocycles. The summed E-state index contributed by atoms with van der Waals surface area (Å²) in [6, 6.07) is 67.5. The Morgan fingerprint density at radius 1 is 0.377 bits per heavy atom. The van der Waals surface area contributed by atoms with Gasteiger partial charge < -0.3 is 9.80 Å². The fourth-order valence-electron chi connectivity index (χ4n) is 10.7. The lowest BCUT2D eigenvalue weighted by atomic mass is 9.72. The maximum atomic E-state index is 2.45. The van der Waals surface area contributed by atoms with Crippen LogP contribution in [0.4, 0.5) is 28.4 Å². The first-order valence-corrected chi connectivity index (χ1v) is 21.7. The van der Waals surface area contributed by atoms with Gasteiger partial charge in [-0.25, -0.2) is 0 Å². The van der Waals surface area contributed by atoms with Crippen LogP contribution < -0.4 is 9.80 Å². The van der Waals surface area contributed by atoms with Crippen molar-refractivity contribution in [2.45, 2.75) is 57.8 Å². The predicted molar refractivity (Wildman–Crippen MR) is 258 cm³/mol. The number of fused-ring (bicyclic) bond motifs is 8. The molecule has 0 radical (unpaired) electrons. The van der Waals surface area contributed by atoms with Crippen molar-refractivity contribution in [3.05, 3.63) is 227 Å². The van der Waals surface area contributed by atoms with Crippen LogP contribution in [0.25, 0.3) is 39.5 Å². The van der Waals surface area contributed by atoms with E-state index in [1.165, 1.54) is 89.4 Å². The van der Waals surface area contributed by atoms with Gasteiger partial charge in [0.15, 0.2) is 0 Å². The molecule has 296 valence electrons. The Labute approximate surface area is 361 Å². The van der Waals surface area contributed by atoms with Crippen molar-refractivity contribution in [3.8, 4) is 33.4 Å². The summed E-state index contributed by atoms with van der Waals surface area (Å²) in [7, 11) is 0. The molecule has 0 saturated heterocycles. The number of rotatable bonds is 6. The zero-order valence-electron chi connectivity index (χ0n) is 35.9. The van der Waals surface area contributed by atoms with E-state index in [-0.39, 0.29) is 16.2 Å². The summed E-state index contributed by atoms with van der Waals surface area (Å²) in [5.74, 6) is 0. The van der Waals surface area contributed by atoms with Crippen LogP contribution in [-0.2, 0) is 16.2 Å². The Bertz CT molecular complexity index is 3060. The lowest BCUT2D eigenvalue weighted by molar-refractivity contribution is 0.632. The third-order valence-corrected chi connectivity index (χ3v) is 14.1. The van der Waals surface area contributed by atoms with Gasteiger partial charge in [-0.05, 0) is 139 Å². The van der Waals surface area contributed by atoms with Crippen molar-refractivity contribution >= 4 is 34.5 Å². The first-order valence-electron chi connectivity index (χ1n) is 21.7. The molecule has 0 aromatic heterocycles. The normalized spacial score (nSPS) is 15.7. The standard InChI is InChI=1S/C59H50N2/c1-57(2)49-22-14-13-21-45(49)48-31-28-44(38-53(48)57)60(42-17-9-7-10-18-42)34-33-39-25-29-46-47-30-26-40(36-52(47)59(5,6)51(46)35-39)41-27-32-56-54(37-41)58(3,4)50-23-15-16-24-55(50)61(56)43-19-11-8-12-20-43/h7-38H,1-6H3/b34-33+. The first kappa shape index (κ1) is 37.1. The minimum absolute atomic E-state index is 0.0687. The molecular formula is C59H50N2. The second kappa shape index (κ2) is 13.6. The van der Waals surface area contributed by atoms with Gasteiger partial charge >= 0.3 is 0 Å². The van der Waals surface area contributed by atoms with Gasteiger partial charge in [0.05, 0.1) is 11.4 Å². The third kappa shape index (κ3) is 5.69. The minimum Gasteiger partial charge on any atom is -0.317 e. The first-order chi connectivity index (χ1) is 29.5. The van der Waals surface area contributed by atoms with Crippen molar-refractivity contribution in [2.75, 3.05) is 9.80 Å². The Morgan fingerprint density at radius 3 is 1.64 bits per heavy atom. The van der Waals surface area contributed by atoms with E-state index >= 15 is 0 Å². The minimum atomic E-state index is -0.166. The molecule has 0 fully saturated rings. The van der Waals surface area contributed by atoms with Gasteiger partial charge in [-0.3, -0.25) is 0 Å². The highest BCUT2D eigenvalue weighted by Gasteiger charge is 2.39. The molecule has 11 rings (SSSR count). The topological polar surface area (TPSA) is 6.48 Å². The lowest BCUT2D eigenvalue weighted by Gasteiger charge is -2.42. The van der Waals surface area contributed by atoms with Crippen molar-refractivity contribution in [1.29, 1.82) is 0 Å². The molecule has 0 unspecified atom stereocenters. The average Bonchev–Trinajstić information content (AvgIpc) is 3.65.